The van der Waals surface area contributed by atoms with Crippen molar-refractivity contribution in [3.63, 3.8) is 0 Å². The number of nitrogens with zero attached hydrogens (tertiary/aromatic N) is 7. The lowest BCUT2D eigenvalue weighted by Crippen LogP contribution is -2.57. The fraction of sp³-hybridized carbons (Fsp3) is 0.417. The van der Waals surface area contributed by atoms with Crippen LogP contribution in [0, 0.1) is 19.3 Å². The molecule has 5 N–H and O–H groups in total. The number of aliphatic hydroxyl groups is 1. The van der Waals surface area contributed by atoms with E-state index in [1.165, 1.54) is 4.90 Å². The number of carbonyl (C=O) groups excluding carboxylic acids is 5. The number of ether oxygens (including phenoxy) is 3. The van der Waals surface area contributed by atoms with Gasteiger partial charge in [-0.3, -0.25) is 33.9 Å². The van der Waals surface area contributed by atoms with Gasteiger partial charge in [-0.05, 0) is 84.0 Å². The zero-order valence-corrected chi connectivity index (χ0v) is 47.5. The maximum atomic E-state index is 14.0. The van der Waals surface area contributed by atoms with Gasteiger partial charge in [0.05, 0.1) is 73.9 Å². The second kappa shape index (κ2) is 28.8. The van der Waals surface area contributed by atoms with Gasteiger partial charge < -0.3 is 50.4 Å². The van der Waals surface area contributed by atoms with Gasteiger partial charge in [0.2, 0.25) is 29.6 Å². The molecule has 3 aromatic carbocycles. The number of nitrogens with one attached hydrogen (secondary N) is 4. The number of likely N-dealkylation sites (tertiary alicyclic amines) is 1. The van der Waals surface area contributed by atoms with Crippen molar-refractivity contribution in [3.05, 3.63) is 137 Å². The number of hydrogen-bond donors (Lipinski definition) is 5. The van der Waals surface area contributed by atoms with Crippen molar-refractivity contribution in [2.45, 2.75) is 85.2 Å². The lowest BCUT2D eigenvalue weighted by Gasteiger charge is -2.35. The number of rotatable bonds is 25. The number of aromatic nitrogens is 4. The largest absolute Gasteiger partial charge is 0.391 e. The first-order valence-corrected chi connectivity index (χ1v) is 28.3. The number of pyridine rings is 1. The number of aliphatic hydroxyl groups excluding tert-OH is 1. The fourth-order valence-corrected chi connectivity index (χ4v) is 10.3. The molecule has 0 aliphatic carbocycles. The van der Waals surface area contributed by atoms with Gasteiger partial charge in [-0.25, -0.2) is 15.0 Å². The summed E-state index contributed by atoms with van der Waals surface area (Å²) in [5.41, 5.74) is 9.62. The summed E-state index contributed by atoms with van der Waals surface area (Å²) in [5, 5.41) is 22.6. The molecule has 8 rings (SSSR count). The smallest absolute Gasteiger partial charge is 0.255 e. The Bertz CT molecular complexity index is 3060. The summed E-state index contributed by atoms with van der Waals surface area (Å²) < 4.78 is 16.9. The quantitative estimate of drug-likeness (QED) is 0.0382. The van der Waals surface area contributed by atoms with Gasteiger partial charge in [0.25, 0.3) is 5.91 Å². The summed E-state index contributed by atoms with van der Waals surface area (Å²) in [7, 11) is 0. The number of piperazine rings is 1. The average molecular weight is 1120 g/mol. The average Bonchev–Trinajstić information content (AvgIpc) is 4.19. The van der Waals surface area contributed by atoms with E-state index in [4.69, 9.17) is 14.2 Å². The van der Waals surface area contributed by atoms with Gasteiger partial charge >= 0.3 is 0 Å². The molecule has 0 unspecified atom stereocenters. The van der Waals surface area contributed by atoms with Gasteiger partial charge in [-0.15, -0.1) is 11.3 Å². The van der Waals surface area contributed by atoms with Gasteiger partial charge in [-0.2, -0.15) is 0 Å². The van der Waals surface area contributed by atoms with Crippen molar-refractivity contribution in [2.75, 3.05) is 83.0 Å². The Morgan fingerprint density at radius 2 is 1.49 bits per heavy atom. The van der Waals surface area contributed by atoms with E-state index < -0.39 is 29.5 Å². The highest BCUT2D eigenvalue weighted by Crippen LogP contribution is 2.29. The summed E-state index contributed by atoms with van der Waals surface area (Å²) in [5.74, 6) is -0.930. The summed E-state index contributed by atoms with van der Waals surface area (Å²) in [4.78, 5) is 90.9. The van der Waals surface area contributed by atoms with Crippen LogP contribution in [0.1, 0.15) is 72.8 Å². The maximum Gasteiger partial charge on any atom is 0.255 e. The molecule has 3 atom stereocenters. The molecule has 6 aromatic rings. The molecule has 2 aliphatic heterocycles. The zero-order chi connectivity index (χ0) is 57.3. The minimum absolute atomic E-state index is 0.00924. The van der Waals surface area contributed by atoms with E-state index in [0.717, 1.165) is 62.9 Å². The molecule has 0 spiro atoms. The molecular weight excluding hydrogens is 1050 g/mol. The Kier molecular flexibility index (Phi) is 21.2. The van der Waals surface area contributed by atoms with Crippen molar-refractivity contribution in [3.8, 4) is 21.7 Å². The van der Waals surface area contributed by atoms with E-state index >= 15 is 0 Å². The number of β-amino-alcohol motifs (C(OH)–C–C–N with tert-alkyl or cyclic N) is 1. The summed E-state index contributed by atoms with van der Waals surface area (Å²) in [6, 6.07) is 24.9. The monoisotopic (exact) mass is 1120 g/mol. The van der Waals surface area contributed by atoms with Crippen LogP contribution in [0.25, 0.3) is 21.7 Å². The molecule has 2 fully saturated rings. The molecular formula is C60H73N11O9S. The summed E-state index contributed by atoms with van der Waals surface area (Å²) in [6.45, 7) is 14.6. The van der Waals surface area contributed by atoms with E-state index in [2.05, 4.69) is 46.1 Å². The summed E-state index contributed by atoms with van der Waals surface area (Å²) >= 11 is 1.57. The first-order chi connectivity index (χ1) is 39.1. The van der Waals surface area contributed by atoms with Crippen molar-refractivity contribution in [2.24, 2.45) is 5.41 Å². The molecule has 2 saturated heterocycles. The van der Waals surface area contributed by atoms with Gasteiger partial charge in [0.15, 0.2) is 0 Å². The van der Waals surface area contributed by atoms with Crippen molar-refractivity contribution in [1.82, 2.24) is 45.3 Å². The highest BCUT2D eigenvalue weighted by atomic mass is 32.1. The Morgan fingerprint density at radius 3 is 2.17 bits per heavy atom. The molecule has 0 radical (unpaired) electrons. The van der Waals surface area contributed by atoms with Crippen LogP contribution in [-0.2, 0) is 46.5 Å². The van der Waals surface area contributed by atoms with Crippen LogP contribution < -0.4 is 21.3 Å². The summed E-state index contributed by atoms with van der Waals surface area (Å²) in [6.07, 6.45) is 4.66. The molecule has 0 saturated carbocycles. The van der Waals surface area contributed by atoms with Crippen LogP contribution in [0.2, 0.25) is 0 Å². The normalized spacial score (nSPS) is 16.0. The first-order valence-electron chi connectivity index (χ1n) is 27.4. The van der Waals surface area contributed by atoms with Gasteiger partial charge in [0, 0.05) is 99.7 Å². The molecule has 5 heterocycles. The first kappa shape index (κ1) is 59.6. The number of anilines is 3. The number of benzene rings is 3. The standard InChI is InChI=1S/C60H73N11O9S/c1-40-8-17-47(33-50(40)67-59-62-22-18-49(66-59)46-7-6-21-61-36-46)65-56(75)45-15-11-43(12-16-45)37-69-23-25-70(26-24-69)53(74)20-28-79-30-32-80-31-29-78-27-19-52(73)68-55(60(3,4)5)58(77)71-38-48(72)34-51(71)57(76)63-35-42-9-13-44(14-10-42)54-41(2)64-39-81-54/h6-18,21-22,33,36,39,48,51,55,72H,19-20,23-32,34-35,37-38H2,1-5H3,(H,63,76)(H,65,75)(H,68,73)(H,62,66,67)/t48-,51+,55-/m1/s1. The van der Waals surface area contributed by atoms with Crippen molar-refractivity contribution in [1.29, 1.82) is 0 Å². The third-order valence-corrected chi connectivity index (χ3v) is 15.1. The topological polar surface area (TPSA) is 243 Å². The van der Waals surface area contributed by atoms with Crippen LogP contribution in [0.5, 0.6) is 0 Å². The van der Waals surface area contributed by atoms with Crippen LogP contribution in [0.15, 0.2) is 109 Å². The lowest BCUT2D eigenvalue weighted by atomic mass is 9.85. The molecule has 2 aliphatic rings. The van der Waals surface area contributed by atoms with Crippen LogP contribution in [-0.4, -0.2) is 160 Å². The van der Waals surface area contributed by atoms with Crippen molar-refractivity contribution >= 4 is 58.2 Å². The SMILES string of the molecule is Cc1ccc(NC(=O)c2ccc(CN3CCN(C(=O)CCOCCOCCOCCC(=O)N[C@H](C(=O)N4C[C@H](O)C[C@H]4C(=O)NCc4ccc(-c5scnc5C)cc4)C(C)(C)C)CC3)cc2)cc1Nc1nccc(-c2cccnc2)n1. The minimum Gasteiger partial charge on any atom is -0.391 e. The number of carbonyl (C=O) groups is 5. The van der Waals surface area contributed by atoms with Gasteiger partial charge in [0.1, 0.15) is 12.1 Å². The Balaban J connectivity index is 0.654. The number of hydrogen-bond acceptors (Lipinski definition) is 16. The number of aryl methyl sites for hydroxylation is 2. The van der Waals surface area contributed by atoms with E-state index in [-0.39, 0.29) is 82.4 Å². The maximum absolute atomic E-state index is 14.0. The molecule has 0 bridgehead atoms. The predicted octanol–water partition coefficient (Wildman–Crippen LogP) is 6.56. The van der Waals surface area contributed by atoms with E-state index in [1.807, 2.05) is 130 Å². The lowest BCUT2D eigenvalue weighted by molar-refractivity contribution is -0.144. The van der Waals surface area contributed by atoms with E-state index in [1.54, 1.807) is 29.9 Å². The molecule has 428 valence electrons. The Morgan fingerprint density at radius 1 is 0.790 bits per heavy atom. The zero-order valence-electron chi connectivity index (χ0n) is 46.7. The van der Waals surface area contributed by atoms with Gasteiger partial charge in [-0.1, -0.05) is 63.2 Å². The van der Waals surface area contributed by atoms with E-state index in [9.17, 15) is 29.1 Å². The molecule has 21 heteroatoms. The molecule has 81 heavy (non-hydrogen) atoms. The minimum atomic E-state index is -0.944. The van der Waals surface area contributed by atoms with Crippen molar-refractivity contribution < 1.29 is 43.3 Å². The molecule has 3 aromatic heterocycles. The Hall–Kier alpha value is -7.53. The number of thiazole rings is 1. The predicted molar refractivity (Wildman–Crippen MR) is 309 cm³/mol. The Labute approximate surface area is 477 Å². The highest BCUT2D eigenvalue weighted by molar-refractivity contribution is 7.13. The van der Waals surface area contributed by atoms with Crippen LogP contribution in [0.4, 0.5) is 17.3 Å². The highest BCUT2D eigenvalue weighted by Gasteiger charge is 2.44. The second-order valence-electron chi connectivity index (χ2n) is 21.3. The fourth-order valence-electron chi connectivity index (χ4n) is 9.47. The third kappa shape index (κ3) is 17.2. The van der Waals surface area contributed by atoms with Crippen LogP contribution >= 0.6 is 11.3 Å². The third-order valence-electron chi connectivity index (χ3n) is 14.1. The number of amides is 5. The molecule has 20 nitrogen and oxygen atoms in total. The molecule has 5 amide bonds. The van der Waals surface area contributed by atoms with Crippen LogP contribution in [0.3, 0.4) is 0 Å². The van der Waals surface area contributed by atoms with E-state index in [0.29, 0.717) is 50.0 Å². The second-order valence-corrected chi connectivity index (χ2v) is 22.1.